The van der Waals surface area contributed by atoms with Gasteiger partial charge in [-0.2, -0.15) is 0 Å². The zero-order chi connectivity index (χ0) is 13.1. The fourth-order valence-electron chi connectivity index (χ4n) is 2.18. The Morgan fingerprint density at radius 1 is 1.44 bits per heavy atom. The smallest absolute Gasteiger partial charge is 0.254 e. The van der Waals surface area contributed by atoms with Crippen molar-refractivity contribution < 1.29 is 4.79 Å². The van der Waals surface area contributed by atoms with Gasteiger partial charge in [0.25, 0.3) is 5.91 Å². The molecule has 1 saturated carbocycles. The van der Waals surface area contributed by atoms with Gasteiger partial charge in [-0.05, 0) is 38.3 Å². The molecule has 1 aliphatic rings. The lowest BCUT2D eigenvalue weighted by Crippen LogP contribution is -2.32. The van der Waals surface area contributed by atoms with Crippen molar-refractivity contribution in [3.05, 3.63) is 28.5 Å². The summed E-state index contributed by atoms with van der Waals surface area (Å²) in [4.78, 5) is 18.6. The van der Waals surface area contributed by atoms with Crippen molar-refractivity contribution in [3.63, 3.8) is 0 Å². The number of halogens is 1. The lowest BCUT2D eigenvalue weighted by atomic mass is 10.1. The molecule has 98 valence electrons. The maximum atomic E-state index is 12.4. The van der Waals surface area contributed by atoms with E-state index in [2.05, 4.69) is 11.9 Å². The largest absolute Gasteiger partial charge is 0.336 e. The van der Waals surface area contributed by atoms with E-state index in [0.29, 0.717) is 16.8 Å². The van der Waals surface area contributed by atoms with Gasteiger partial charge in [-0.25, -0.2) is 4.98 Å². The quantitative estimate of drug-likeness (QED) is 0.766. The van der Waals surface area contributed by atoms with Crippen LogP contribution >= 0.6 is 11.6 Å². The molecule has 1 aromatic heterocycles. The average molecular weight is 267 g/mol. The van der Waals surface area contributed by atoms with Crippen LogP contribution in [0.25, 0.3) is 0 Å². The van der Waals surface area contributed by atoms with Crippen LogP contribution < -0.4 is 0 Å². The third-order valence-corrected chi connectivity index (χ3v) is 3.38. The number of hydrogen-bond donors (Lipinski definition) is 0. The van der Waals surface area contributed by atoms with E-state index >= 15 is 0 Å². The van der Waals surface area contributed by atoms with E-state index in [9.17, 15) is 4.79 Å². The van der Waals surface area contributed by atoms with E-state index < -0.39 is 0 Å². The molecule has 4 heteroatoms. The molecule has 18 heavy (non-hydrogen) atoms. The molecule has 0 aromatic carbocycles. The van der Waals surface area contributed by atoms with Gasteiger partial charge >= 0.3 is 0 Å². The number of rotatable bonds is 5. The van der Waals surface area contributed by atoms with Gasteiger partial charge in [-0.1, -0.05) is 24.9 Å². The third kappa shape index (κ3) is 3.02. The summed E-state index contributed by atoms with van der Waals surface area (Å²) in [6.07, 6.45) is 4.11. The molecule has 2 rings (SSSR count). The van der Waals surface area contributed by atoms with Crippen LogP contribution in [0.4, 0.5) is 0 Å². The van der Waals surface area contributed by atoms with Crippen molar-refractivity contribution in [2.45, 2.75) is 45.6 Å². The van der Waals surface area contributed by atoms with Gasteiger partial charge in [0.2, 0.25) is 0 Å². The minimum atomic E-state index is 0.0849. The molecule has 0 bridgehead atoms. The molecule has 0 radical (unpaired) electrons. The first-order chi connectivity index (χ1) is 8.65. The van der Waals surface area contributed by atoms with Gasteiger partial charge in [-0.15, -0.1) is 0 Å². The zero-order valence-electron chi connectivity index (χ0n) is 10.9. The molecular weight excluding hydrogens is 248 g/mol. The number of carbonyl (C=O) groups excluding carboxylic acids is 1. The number of nitrogens with zero attached hydrogens (tertiary/aromatic N) is 2. The predicted octanol–water partition coefficient (Wildman–Crippen LogP) is 3.31. The van der Waals surface area contributed by atoms with E-state index in [-0.39, 0.29) is 5.91 Å². The number of carbonyl (C=O) groups is 1. The van der Waals surface area contributed by atoms with E-state index in [0.717, 1.165) is 37.9 Å². The monoisotopic (exact) mass is 266 g/mol. The Morgan fingerprint density at radius 3 is 2.72 bits per heavy atom. The highest BCUT2D eigenvalue weighted by molar-refractivity contribution is 6.29. The molecule has 0 spiro atoms. The van der Waals surface area contributed by atoms with Gasteiger partial charge in [0.05, 0.1) is 0 Å². The van der Waals surface area contributed by atoms with Crippen LogP contribution in [0.1, 0.15) is 49.2 Å². The highest BCUT2D eigenvalue weighted by Crippen LogP contribution is 2.28. The van der Waals surface area contributed by atoms with Gasteiger partial charge < -0.3 is 4.90 Å². The number of aryl methyl sites for hydroxylation is 1. The topological polar surface area (TPSA) is 33.2 Å². The summed E-state index contributed by atoms with van der Waals surface area (Å²) in [5.41, 5.74) is 1.58. The van der Waals surface area contributed by atoms with E-state index in [4.69, 9.17) is 11.6 Å². The van der Waals surface area contributed by atoms with Gasteiger partial charge in [-0.3, -0.25) is 4.79 Å². The summed E-state index contributed by atoms with van der Waals surface area (Å²) in [5, 5.41) is 0.413. The molecule has 3 nitrogen and oxygen atoms in total. The molecule has 1 aliphatic carbocycles. The molecule has 1 fully saturated rings. The van der Waals surface area contributed by atoms with Crippen LogP contribution in [0, 0.1) is 0 Å². The second-order valence-electron chi connectivity index (χ2n) is 4.74. The lowest BCUT2D eigenvalue weighted by Gasteiger charge is -2.20. The summed E-state index contributed by atoms with van der Waals surface area (Å²) >= 11 is 5.99. The second-order valence-corrected chi connectivity index (χ2v) is 5.13. The van der Waals surface area contributed by atoms with E-state index in [1.807, 2.05) is 17.9 Å². The predicted molar refractivity (Wildman–Crippen MR) is 73.0 cm³/mol. The maximum Gasteiger partial charge on any atom is 0.254 e. The number of aromatic nitrogens is 1. The Bertz CT molecular complexity index is 443. The van der Waals surface area contributed by atoms with E-state index in [1.165, 1.54) is 0 Å². The van der Waals surface area contributed by atoms with Crippen LogP contribution in [0.5, 0.6) is 0 Å². The van der Waals surface area contributed by atoms with E-state index in [1.54, 1.807) is 6.07 Å². The zero-order valence-corrected chi connectivity index (χ0v) is 11.7. The van der Waals surface area contributed by atoms with Crippen molar-refractivity contribution in [2.24, 2.45) is 0 Å². The minimum Gasteiger partial charge on any atom is -0.336 e. The van der Waals surface area contributed by atoms with Gasteiger partial charge in [0.15, 0.2) is 0 Å². The van der Waals surface area contributed by atoms with Gasteiger partial charge in [0.1, 0.15) is 5.15 Å². The molecule has 0 aliphatic heterocycles. The lowest BCUT2D eigenvalue weighted by molar-refractivity contribution is 0.0752. The number of hydrogen-bond acceptors (Lipinski definition) is 2. The van der Waals surface area contributed by atoms with Crippen LogP contribution in [-0.4, -0.2) is 28.4 Å². The normalized spacial score (nSPS) is 14.6. The second kappa shape index (κ2) is 5.70. The Hall–Kier alpha value is -1.09. The SMILES string of the molecule is CCCc1cc(C(=O)N(CC)C2CC2)cc(Cl)n1. The van der Waals surface area contributed by atoms with Crippen molar-refractivity contribution in [1.29, 1.82) is 0 Å². The maximum absolute atomic E-state index is 12.4. The molecule has 1 amide bonds. The van der Waals surface area contributed by atoms with Crippen LogP contribution in [-0.2, 0) is 6.42 Å². The van der Waals surface area contributed by atoms with Gasteiger partial charge in [0, 0.05) is 23.8 Å². The summed E-state index contributed by atoms with van der Waals surface area (Å²) < 4.78 is 0. The Labute approximate surface area is 113 Å². The molecule has 0 N–H and O–H groups in total. The first-order valence-electron chi connectivity index (χ1n) is 6.63. The average Bonchev–Trinajstić information content (AvgIpc) is 3.14. The van der Waals surface area contributed by atoms with Crippen LogP contribution in [0.2, 0.25) is 5.15 Å². The standard InChI is InChI=1S/C14H19ClN2O/c1-3-5-11-8-10(9-13(15)16-11)14(18)17(4-2)12-6-7-12/h8-9,12H,3-7H2,1-2H3. The summed E-state index contributed by atoms with van der Waals surface area (Å²) in [6, 6.07) is 3.99. The Balaban J connectivity index is 2.22. The van der Waals surface area contributed by atoms with Crippen LogP contribution in [0.15, 0.2) is 12.1 Å². The first kappa shape index (κ1) is 13.3. The minimum absolute atomic E-state index is 0.0849. The molecule has 0 saturated heterocycles. The molecule has 0 atom stereocenters. The molecule has 0 unspecified atom stereocenters. The highest BCUT2D eigenvalue weighted by atomic mass is 35.5. The fourth-order valence-corrected chi connectivity index (χ4v) is 2.40. The first-order valence-corrected chi connectivity index (χ1v) is 7.01. The number of pyridine rings is 1. The molecule has 1 heterocycles. The summed E-state index contributed by atoms with van der Waals surface area (Å²) in [7, 11) is 0. The third-order valence-electron chi connectivity index (χ3n) is 3.19. The summed E-state index contributed by atoms with van der Waals surface area (Å²) in [5.74, 6) is 0.0849. The highest BCUT2D eigenvalue weighted by Gasteiger charge is 2.32. The fraction of sp³-hybridized carbons (Fsp3) is 0.571. The van der Waals surface area contributed by atoms with Crippen molar-refractivity contribution in [1.82, 2.24) is 9.88 Å². The van der Waals surface area contributed by atoms with Crippen molar-refractivity contribution in [2.75, 3.05) is 6.54 Å². The van der Waals surface area contributed by atoms with Crippen molar-refractivity contribution >= 4 is 17.5 Å². The Morgan fingerprint density at radius 2 is 2.17 bits per heavy atom. The number of amides is 1. The molecule has 1 aromatic rings. The molecular formula is C14H19ClN2O. The summed E-state index contributed by atoms with van der Waals surface area (Å²) in [6.45, 7) is 4.87. The Kier molecular flexibility index (Phi) is 4.23. The van der Waals surface area contributed by atoms with Crippen molar-refractivity contribution in [3.8, 4) is 0 Å². The van der Waals surface area contributed by atoms with Crippen LogP contribution in [0.3, 0.4) is 0 Å².